The lowest BCUT2D eigenvalue weighted by Gasteiger charge is -2.04. The summed E-state index contributed by atoms with van der Waals surface area (Å²) >= 11 is 0. The van der Waals surface area contributed by atoms with Gasteiger partial charge in [-0.05, 0) is 35.0 Å². The van der Waals surface area contributed by atoms with Gasteiger partial charge >= 0.3 is 0 Å². The van der Waals surface area contributed by atoms with E-state index in [1.54, 1.807) is 4.68 Å². The summed E-state index contributed by atoms with van der Waals surface area (Å²) in [6, 6.07) is 5.72. The number of hydrogen-bond acceptors (Lipinski definition) is 4. The fourth-order valence-corrected chi connectivity index (χ4v) is 1.12. The molecular weight excluding hydrogens is 166 g/mol. The minimum Gasteiger partial charge on any atom is -0.397 e. The Kier molecular flexibility index (Phi) is 1.70. The van der Waals surface area contributed by atoms with Crippen LogP contribution in [0.15, 0.2) is 24.5 Å². The molecule has 2 rings (SSSR count). The third-order valence-electron chi connectivity index (χ3n) is 1.78. The number of nitrogens with two attached hydrogens (primary N) is 1. The molecule has 2 N–H and O–H groups in total. The Morgan fingerprint density at radius 2 is 2.23 bits per heavy atom. The first-order valence-electron chi connectivity index (χ1n) is 3.87. The van der Waals surface area contributed by atoms with Gasteiger partial charge in [0.15, 0.2) is 0 Å². The summed E-state index contributed by atoms with van der Waals surface area (Å²) in [7, 11) is 0. The van der Waals surface area contributed by atoms with Crippen molar-refractivity contribution >= 4 is 5.69 Å². The summed E-state index contributed by atoms with van der Waals surface area (Å²) in [5.41, 5.74) is 8.36. The third kappa shape index (κ3) is 1.35. The first-order valence-corrected chi connectivity index (χ1v) is 3.87. The van der Waals surface area contributed by atoms with Crippen molar-refractivity contribution in [3.8, 4) is 5.69 Å². The molecule has 0 radical (unpaired) electrons. The molecule has 5 nitrogen and oxygen atoms in total. The van der Waals surface area contributed by atoms with Crippen molar-refractivity contribution in [3.05, 3.63) is 30.1 Å². The first-order chi connectivity index (χ1) is 6.27. The van der Waals surface area contributed by atoms with Crippen LogP contribution in [0.5, 0.6) is 0 Å². The van der Waals surface area contributed by atoms with Gasteiger partial charge in [0.25, 0.3) is 0 Å². The molecule has 5 heteroatoms. The van der Waals surface area contributed by atoms with Gasteiger partial charge in [0, 0.05) is 0 Å². The molecule has 66 valence electrons. The topological polar surface area (TPSA) is 69.6 Å². The van der Waals surface area contributed by atoms with E-state index in [1.165, 1.54) is 6.33 Å². The molecule has 1 aromatic carbocycles. The average molecular weight is 175 g/mol. The van der Waals surface area contributed by atoms with Crippen LogP contribution in [0.2, 0.25) is 0 Å². The Balaban J connectivity index is 2.57. The molecule has 0 aliphatic heterocycles. The van der Waals surface area contributed by atoms with Crippen LogP contribution in [0.25, 0.3) is 5.69 Å². The first kappa shape index (κ1) is 7.72. The smallest absolute Gasteiger partial charge is 0.143 e. The molecule has 2 aromatic rings. The number of nitrogens with zero attached hydrogens (tertiary/aromatic N) is 4. The van der Waals surface area contributed by atoms with Crippen molar-refractivity contribution in [1.82, 2.24) is 20.2 Å². The fourth-order valence-electron chi connectivity index (χ4n) is 1.12. The van der Waals surface area contributed by atoms with E-state index >= 15 is 0 Å². The lowest BCUT2D eigenvalue weighted by molar-refractivity contribution is 0.790. The molecule has 0 fully saturated rings. The van der Waals surface area contributed by atoms with Gasteiger partial charge in [-0.3, -0.25) is 0 Å². The predicted molar refractivity (Wildman–Crippen MR) is 48.3 cm³/mol. The largest absolute Gasteiger partial charge is 0.397 e. The second-order valence-corrected chi connectivity index (χ2v) is 2.82. The normalized spacial score (nSPS) is 10.2. The Hall–Kier alpha value is -1.91. The minimum absolute atomic E-state index is 0.665. The summed E-state index contributed by atoms with van der Waals surface area (Å²) < 4.78 is 1.54. The van der Waals surface area contributed by atoms with Gasteiger partial charge in [-0.2, -0.15) is 4.68 Å². The number of tetrazole rings is 1. The molecule has 0 atom stereocenters. The second kappa shape index (κ2) is 2.85. The van der Waals surface area contributed by atoms with Crippen LogP contribution in [0, 0.1) is 6.92 Å². The lowest BCUT2D eigenvalue weighted by atomic mass is 10.2. The highest BCUT2D eigenvalue weighted by Crippen LogP contribution is 2.16. The van der Waals surface area contributed by atoms with Crippen molar-refractivity contribution in [2.75, 3.05) is 5.73 Å². The Labute approximate surface area is 75.2 Å². The van der Waals surface area contributed by atoms with Crippen molar-refractivity contribution in [1.29, 1.82) is 0 Å². The number of benzene rings is 1. The van der Waals surface area contributed by atoms with E-state index < -0.39 is 0 Å². The molecular formula is C8H9N5. The lowest BCUT2D eigenvalue weighted by Crippen LogP contribution is -2.00. The molecule has 0 saturated carbocycles. The zero-order chi connectivity index (χ0) is 9.26. The van der Waals surface area contributed by atoms with Crippen LogP contribution in [0.3, 0.4) is 0 Å². The maximum Gasteiger partial charge on any atom is 0.143 e. The molecule has 1 aromatic heterocycles. The van der Waals surface area contributed by atoms with Crippen molar-refractivity contribution in [2.45, 2.75) is 6.92 Å². The van der Waals surface area contributed by atoms with E-state index in [0.29, 0.717) is 5.69 Å². The van der Waals surface area contributed by atoms with E-state index in [0.717, 1.165) is 11.3 Å². The fraction of sp³-hybridized carbons (Fsp3) is 0.125. The second-order valence-electron chi connectivity index (χ2n) is 2.82. The highest BCUT2D eigenvalue weighted by molar-refractivity contribution is 5.58. The zero-order valence-electron chi connectivity index (χ0n) is 7.18. The maximum atomic E-state index is 5.76. The summed E-state index contributed by atoms with van der Waals surface area (Å²) in [6.07, 6.45) is 1.52. The van der Waals surface area contributed by atoms with E-state index in [1.807, 2.05) is 25.1 Å². The van der Waals surface area contributed by atoms with Gasteiger partial charge in [0.1, 0.15) is 6.33 Å². The summed E-state index contributed by atoms with van der Waals surface area (Å²) in [5, 5.41) is 10.9. The van der Waals surface area contributed by atoms with Gasteiger partial charge in [-0.15, -0.1) is 5.10 Å². The Morgan fingerprint density at radius 1 is 1.38 bits per heavy atom. The standard InChI is InChI=1S/C8H9N5/c1-6-2-3-7(9)8(4-6)13-5-10-11-12-13/h2-5H,9H2,1H3. The van der Waals surface area contributed by atoms with Crippen LogP contribution in [-0.2, 0) is 0 Å². The highest BCUT2D eigenvalue weighted by atomic mass is 15.5. The SMILES string of the molecule is Cc1ccc(N)c(-n2cnnn2)c1. The van der Waals surface area contributed by atoms with Crippen LogP contribution in [-0.4, -0.2) is 20.2 Å². The Morgan fingerprint density at radius 3 is 2.92 bits per heavy atom. The summed E-state index contributed by atoms with van der Waals surface area (Å²) in [5.74, 6) is 0. The molecule has 0 unspecified atom stereocenters. The highest BCUT2D eigenvalue weighted by Gasteiger charge is 2.02. The van der Waals surface area contributed by atoms with Crippen LogP contribution in [0.4, 0.5) is 5.69 Å². The average Bonchev–Trinajstić information content (AvgIpc) is 2.61. The van der Waals surface area contributed by atoms with Crippen LogP contribution < -0.4 is 5.73 Å². The molecule has 0 aliphatic rings. The number of aryl methyl sites for hydroxylation is 1. The van der Waals surface area contributed by atoms with Gasteiger partial charge in [0.2, 0.25) is 0 Å². The number of rotatable bonds is 1. The van der Waals surface area contributed by atoms with Crippen LogP contribution >= 0.6 is 0 Å². The molecule has 0 saturated heterocycles. The molecule has 0 spiro atoms. The van der Waals surface area contributed by atoms with Gasteiger partial charge < -0.3 is 5.73 Å². The number of aromatic nitrogens is 4. The molecule has 13 heavy (non-hydrogen) atoms. The van der Waals surface area contributed by atoms with E-state index in [4.69, 9.17) is 5.73 Å². The quantitative estimate of drug-likeness (QED) is 0.642. The monoisotopic (exact) mass is 175 g/mol. The minimum atomic E-state index is 0.665. The maximum absolute atomic E-state index is 5.76. The summed E-state index contributed by atoms with van der Waals surface area (Å²) in [4.78, 5) is 0. The molecule has 0 aliphatic carbocycles. The Bertz CT molecular complexity index is 406. The number of anilines is 1. The van der Waals surface area contributed by atoms with Crippen molar-refractivity contribution < 1.29 is 0 Å². The van der Waals surface area contributed by atoms with E-state index in [9.17, 15) is 0 Å². The van der Waals surface area contributed by atoms with E-state index in [2.05, 4.69) is 15.5 Å². The van der Waals surface area contributed by atoms with Crippen molar-refractivity contribution in [3.63, 3.8) is 0 Å². The van der Waals surface area contributed by atoms with Gasteiger partial charge in [-0.1, -0.05) is 6.07 Å². The molecule has 0 amide bonds. The van der Waals surface area contributed by atoms with Gasteiger partial charge in [-0.25, -0.2) is 0 Å². The predicted octanol–water partition coefficient (Wildman–Crippen LogP) is 0.553. The molecule has 0 bridgehead atoms. The molecule has 1 heterocycles. The number of nitrogen functional groups attached to an aromatic ring is 1. The van der Waals surface area contributed by atoms with E-state index in [-0.39, 0.29) is 0 Å². The van der Waals surface area contributed by atoms with Crippen LogP contribution in [0.1, 0.15) is 5.56 Å². The number of hydrogen-bond donors (Lipinski definition) is 1. The zero-order valence-corrected chi connectivity index (χ0v) is 7.18. The third-order valence-corrected chi connectivity index (χ3v) is 1.78. The summed E-state index contributed by atoms with van der Waals surface area (Å²) in [6.45, 7) is 1.99. The van der Waals surface area contributed by atoms with Gasteiger partial charge in [0.05, 0.1) is 11.4 Å². The van der Waals surface area contributed by atoms with Crippen molar-refractivity contribution in [2.24, 2.45) is 0 Å².